The van der Waals surface area contributed by atoms with Crippen molar-refractivity contribution in [1.82, 2.24) is 0 Å². The second-order valence-corrected chi connectivity index (χ2v) is 4.82. The zero-order valence-electron chi connectivity index (χ0n) is 11.4. The quantitative estimate of drug-likeness (QED) is 0.854. The molecule has 2 aromatic rings. The molecular formula is C16H16ClNO2. The first-order valence-corrected chi connectivity index (χ1v) is 6.83. The van der Waals surface area contributed by atoms with E-state index in [1.54, 1.807) is 24.3 Å². The molecule has 104 valence electrons. The second kappa shape index (κ2) is 6.44. The maximum Gasteiger partial charge on any atom is 0.239 e. The largest absolute Gasteiger partial charge is 0.457 e. The van der Waals surface area contributed by atoms with Crippen LogP contribution in [0.2, 0.25) is 0 Å². The number of benzene rings is 2. The molecule has 0 bridgehead atoms. The smallest absolute Gasteiger partial charge is 0.239 e. The summed E-state index contributed by atoms with van der Waals surface area (Å²) >= 11 is 5.43. The summed E-state index contributed by atoms with van der Waals surface area (Å²) in [4.78, 5) is 11.2. The number of hydrogen-bond donors (Lipinski definition) is 1. The Bertz CT molecular complexity index is 608. The zero-order chi connectivity index (χ0) is 14.5. The van der Waals surface area contributed by atoms with Crippen LogP contribution in [0.3, 0.4) is 0 Å². The minimum absolute atomic E-state index is 0.0547. The molecule has 3 nitrogen and oxygen atoms in total. The molecular weight excluding hydrogens is 274 g/mol. The Hall–Kier alpha value is -2.00. The van der Waals surface area contributed by atoms with Crippen LogP contribution in [0.5, 0.6) is 11.5 Å². The lowest BCUT2D eigenvalue weighted by Gasteiger charge is -2.09. The summed E-state index contributed by atoms with van der Waals surface area (Å²) in [6.07, 6.45) is 0. The zero-order valence-corrected chi connectivity index (χ0v) is 12.2. The summed E-state index contributed by atoms with van der Waals surface area (Å²) in [5, 5.41) is 2.67. The first-order chi connectivity index (χ1) is 9.58. The average molecular weight is 290 g/mol. The Labute approximate surface area is 123 Å². The molecule has 0 unspecified atom stereocenters. The van der Waals surface area contributed by atoms with Gasteiger partial charge in [0, 0.05) is 5.69 Å². The second-order valence-electron chi connectivity index (χ2n) is 4.55. The molecule has 0 aliphatic rings. The molecule has 0 spiro atoms. The molecule has 2 rings (SSSR count). The fourth-order valence-corrected chi connectivity index (χ4v) is 1.78. The lowest BCUT2D eigenvalue weighted by Crippen LogP contribution is -2.12. The van der Waals surface area contributed by atoms with Crippen LogP contribution in [0.15, 0.2) is 42.5 Å². The Balaban J connectivity index is 2.06. The van der Waals surface area contributed by atoms with Gasteiger partial charge in [-0.1, -0.05) is 6.07 Å². The monoisotopic (exact) mass is 289 g/mol. The van der Waals surface area contributed by atoms with Crippen molar-refractivity contribution in [2.45, 2.75) is 13.8 Å². The highest BCUT2D eigenvalue weighted by atomic mass is 35.5. The van der Waals surface area contributed by atoms with Crippen LogP contribution >= 0.6 is 11.6 Å². The number of anilines is 1. The molecule has 4 heteroatoms. The summed E-state index contributed by atoms with van der Waals surface area (Å²) in [5.74, 6) is 1.23. The van der Waals surface area contributed by atoms with Crippen LogP contribution in [0, 0.1) is 13.8 Å². The highest BCUT2D eigenvalue weighted by molar-refractivity contribution is 6.29. The van der Waals surface area contributed by atoms with E-state index in [9.17, 15) is 4.79 Å². The molecule has 2 aromatic carbocycles. The number of carbonyl (C=O) groups is 1. The van der Waals surface area contributed by atoms with Crippen molar-refractivity contribution >= 4 is 23.2 Å². The molecule has 0 saturated heterocycles. The van der Waals surface area contributed by atoms with Gasteiger partial charge in [0.2, 0.25) is 5.91 Å². The number of alkyl halides is 1. The lowest BCUT2D eigenvalue weighted by atomic mass is 10.1. The molecule has 0 heterocycles. The first-order valence-electron chi connectivity index (χ1n) is 6.29. The van der Waals surface area contributed by atoms with Gasteiger partial charge in [-0.15, -0.1) is 11.6 Å². The molecule has 0 fully saturated rings. The highest BCUT2D eigenvalue weighted by Crippen LogP contribution is 2.24. The van der Waals surface area contributed by atoms with Crippen LogP contribution in [-0.2, 0) is 4.79 Å². The fourth-order valence-electron chi connectivity index (χ4n) is 1.71. The van der Waals surface area contributed by atoms with E-state index in [2.05, 4.69) is 12.2 Å². The van der Waals surface area contributed by atoms with Gasteiger partial charge < -0.3 is 10.1 Å². The van der Waals surface area contributed by atoms with Crippen LogP contribution in [0.25, 0.3) is 0 Å². The third-order valence-electron chi connectivity index (χ3n) is 2.97. The minimum Gasteiger partial charge on any atom is -0.457 e. The summed E-state index contributed by atoms with van der Waals surface area (Å²) in [7, 11) is 0. The Kier molecular flexibility index (Phi) is 4.64. The van der Waals surface area contributed by atoms with Crippen molar-refractivity contribution in [3.63, 3.8) is 0 Å². The van der Waals surface area contributed by atoms with Crippen LogP contribution in [-0.4, -0.2) is 11.8 Å². The normalized spacial score (nSPS) is 10.2. The van der Waals surface area contributed by atoms with E-state index in [4.69, 9.17) is 16.3 Å². The average Bonchev–Trinajstić information content (AvgIpc) is 2.45. The van der Waals surface area contributed by atoms with Crippen molar-refractivity contribution in [3.8, 4) is 11.5 Å². The minimum atomic E-state index is -0.227. The Morgan fingerprint density at radius 2 is 1.70 bits per heavy atom. The summed E-state index contributed by atoms with van der Waals surface area (Å²) in [6, 6.07) is 13.1. The number of rotatable bonds is 4. The van der Waals surface area contributed by atoms with Gasteiger partial charge in [0.05, 0.1) is 0 Å². The predicted octanol–water partition coefficient (Wildman–Crippen LogP) is 4.27. The van der Waals surface area contributed by atoms with Gasteiger partial charge in [0.15, 0.2) is 0 Å². The fraction of sp³-hybridized carbons (Fsp3) is 0.188. The third kappa shape index (κ3) is 3.75. The topological polar surface area (TPSA) is 38.3 Å². The van der Waals surface area contributed by atoms with Crippen molar-refractivity contribution in [3.05, 3.63) is 53.6 Å². The first kappa shape index (κ1) is 14.4. The van der Waals surface area contributed by atoms with Crippen molar-refractivity contribution in [1.29, 1.82) is 0 Å². The summed E-state index contributed by atoms with van der Waals surface area (Å²) < 4.78 is 5.76. The molecule has 0 atom stereocenters. The number of ether oxygens (including phenoxy) is 1. The highest BCUT2D eigenvalue weighted by Gasteiger charge is 2.02. The molecule has 0 aliphatic heterocycles. The molecule has 1 amide bonds. The van der Waals surface area contributed by atoms with Crippen molar-refractivity contribution < 1.29 is 9.53 Å². The van der Waals surface area contributed by atoms with E-state index in [0.717, 1.165) is 11.5 Å². The summed E-state index contributed by atoms with van der Waals surface area (Å²) in [5.41, 5.74) is 3.12. The van der Waals surface area contributed by atoms with Crippen molar-refractivity contribution in [2.24, 2.45) is 0 Å². The maximum absolute atomic E-state index is 11.2. The van der Waals surface area contributed by atoms with E-state index < -0.39 is 0 Å². The van der Waals surface area contributed by atoms with Gasteiger partial charge >= 0.3 is 0 Å². The van der Waals surface area contributed by atoms with E-state index in [1.165, 1.54) is 11.1 Å². The SMILES string of the molecule is Cc1ccc(Oc2ccc(NC(=O)CCl)cc2)cc1C. The summed E-state index contributed by atoms with van der Waals surface area (Å²) in [6.45, 7) is 4.11. The van der Waals surface area contributed by atoms with E-state index in [-0.39, 0.29) is 11.8 Å². The number of aryl methyl sites for hydroxylation is 2. The molecule has 1 N–H and O–H groups in total. The molecule has 0 saturated carbocycles. The molecule has 20 heavy (non-hydrogen) atoms. The van der Waals surface area contributed by atoms with Gasteiger partial charge in [-0.2, -0.15) is 0 Å². The van der Waals surface area contributed by atoms with Gasteiger partial charge in [-0.3, -0.25) is 4.79 Å². The Morgan fingerprint density at radius 3 is 2.30 bits per heavy atom. The van der Waals surface area contributed by atoms with E-state index in [0.29, 0.717) is 5.69 Å². The number of carbonyl (C=O) groups excluding carboxylic acids is 1. The number of hydrogen-bond acceptors (Lipinski definition) is 2. The van der Waals surface area contributed by atoms with E-state index in [1.807, 2.05) is 25.1 Å². The standard InChI is InChI=1S/C16H16ClNO2/c1-11-3-6-15(9-12(11)2)20-14-7-4-13(5-8-14)18-16(19)10-17/h3-9H,10H2,1-2H3,(H,18,19). The third-order valence-corrected chi connectivity index (χ3v) is 3.22. The maximum atomic E-state index is 11.2. The lowest BCUT2D eigenvalue weighted by molar-refractivity contribution is -0.113. The van der Waals surface area contributed by atoms with Gasteiger partial charge in [0.1, 0.15) is 17.4 Å². The van der Waals surface area contributed by atoms with Crippen LogP contribution < -0.4 is 10.1 Å². The van der Waals surface area contributed by atoms with Gasteiger partial charge in [-0.25, -0.2) is 0 Å². The van der Waals surface area contributed by atoms with E-state index >= 15 is 0 Å². The number of amides is 1. The number of nitrogens with one attached hydrogen (secondary N) is 1. The molecule has 0 aliphatic carbocycles. The predicted molar refractivity (Wildman–Crippen MR) is 81.8 cm³/mol. The van der Waals surface area contributed by atoms with Gasteiger partial charge in [0.25, 0.3) is 0 Å². The molecule has 0 aromatic heterocycles. The van der Waals surface area contributed by atoms with Crippen LogP contribution in [0.1, 0.15) is 11.1 Å². The number of halogens is 1. The van der Waals surface area contributed by atoms with Gasteiger partial charge in [-0.05, 0) is 61.4 Å². The van der Waals surface area contributed by atoms with Crippen molar-refractivity contribution in [2.75, 3.05) is 11.2 Å². The Morgan fingerprint density at radius 1 is 1.05 bits per heavy atom. The van der Waals surface area contributed by atoms with Crippen LogP contribution in [0.4, 0.5) is 5.69 Å². The molecule has 0 radical (unpaired) electrons.